The Bertz CT molecular complexity index is 867. The van der Waals surface area contributed by atoms with Gasteiger partial charge in [-0.1, -0.05) is 13.0 Å². The molecule has 1 unspecified atom stereocenters. The molecule has 2 heterocycles. The van der Waals surface area contributed by atoms with Crippen LogP contribution in [0.3, 0.4) is 0 Å². The number of rotatable bonds is 4. The molecule has 1 aliphatic heterocycles. The molecule has 2 amide bonds. The number of nitrogens with zero attached hydrogens (tertiary/aromatic N) is 2. The van der Waals surface area contributed by atoms with E-state index in [2.05, 4.69) is 28.7 Å². The molecule has 0 radical (unpaired) electrons. The number of anilines is 1. The lowest BCUT2D eigenvalue weighted by Crippen LogP contribution is -2.41. The van der Waals surface area contributed by atoms with E-state index >= 15 is 0 Å². The van der Waals surface area contributed by atoms with E-state index < -0.39 is 6.03 Å². The molecule has 2 aromatic rings. The third-order valence-electron chi connectivity index (χ3n) is 5.46. The average molecular weight is 403 g/mol. The number of urea groups is 1. The van der Waals surface area contributed by atoms with E-state index in [-0.39, 0.29) is 0 Å². The number of nitrogens with two attached hydrogens (primary N) is 2. The normalized spacial score (nSPS) is 18.1. The Morgan fingerprint density at radius 1 is 1.32 bits per heavy atom. The van der Waals surface area contributed by atoms with Crippen LogP contribution in [0.25, 0.3) is 0 Å². The molecule has 1 aromatic carbocycles. The van der Waals surface area contributed by atoms with E-state index in [9.17, 15) is 4.79 Å². The summed E-state index contributed by atoms with van der Waals surface area (Å²) < 4.78 is 7.44. The summed E-state index contributed by atoms with van der Waals surface area (Å²) >= 11 is 1.18. The van der Waals surface area contributed by atoms with Gasteiger partial charge in [0, 0.05) is 5.69 Å². The monoisotopic (exact) mass is 402 g/mol. The summed E-state index contributed by atoms with van der Waals surface area (Å²) in [6, 6.07) is 2.19. The van der Waals surface area contributed by atoms with Gasteiger partial charge in [0.2, 0.25) is 5.88 Å². The number of likely N-dealkylation sites (N-methyl/N-ethyl adjacent to an activating group) is 1. The fourth-order valence-electron chi connectivity index (χ4n) is 3.91. The Hall–Kier alpha value is -2.23. The minimum atomic E-state index is -0.445. The van der Waals surface area contributed by atoms with E-state index in [4.69, 9.17) is 15.6 Å². The Labute approximate surface area is 168 Å². The number of carbonyl (C=O) groups excluding carboxylic acids is 1. The minimum absolute atomic E-state index is 0.350. The van der Waals surface area contributed by atoms with Crippen molar-refractivity contribution in [3.05, 3.63) is 34.5 Å². The van der Waals surface area contributed by atoms with E-state index in [1.54, 1.807) is 6.20 Å². The number of fused-ring (bicyclic) bond motifs is 3. The highest BCUT2D eigenvalue weighted by Crippen LogP contribution is 2.40. The zero-order valence-electron chi connectivity index (χ0n) is 16.0. The Morgan fingerprint density at radius 3 is 2.57 bits per heavy atom. The second-order valence-electron chi connectivity index (χ2n) is 7.20. The van der Waals surface area contributed by atoms with Gasteiger partial charge in [0.25, 0.3) is 0 Å². The third-order valence-corrected chi connectivity index (χ3v) is 5.99. The van der Waals surface area contributed by atoms with E-state index in [1.807, 2.05) is 4.68 Å². The van der Waals surface area contributed by atoms with Crippen LogP contribution in [0.1, 0.15) is 29.2 Å². The summed E-state index contributed by atoms with van der Waals surface area (Å²) in [6.45, 7) is 4.57. The number of hydrogen-bond acceptors (Lipinski definition) is 6. The zero-order valence-corrected chi connectivity index (χ0v) is 16.8. The highest BCUT2D eigenvalue weighted by Gasteiger charge is 2.27. The Balaban J connectivity index is 0.000000137. The fraction of sp³-hybridized carbons (Fsp3) is 0.474. The molecule has 0 bridgehead atoms. The van der Waals surface area contributed by atoms with Crippen molar-refractivity contribution < 1.29 is 9.53 Å². The third kappa shape index (κ3) is 3.57. The molecule has 0 saturated carbocycles. The molecule has 0 fully saturated rings. The topological polar surface area (TPSA) is 120 Å². The number of amides is 2. The lowest BCUT2D eigenvalue weighted by atomic mass is 9.76. The maximum Gasteiger partial charge on any atom is 0.316 e. The van der Waals surface area contributed by atoms with Crippen molar-refractivity contribution in [3.8, 4) is 5.88 Å². The predicted octanol–water partition coefficient (Wildman–Crippen LogP) is 1.59. The molecular weight excluding hydrogens is 376 g/mol. The summed E-state index contributed by atoms with van der Waals surface area (Å²) in [5.41, 5.74) is 11.6. The summed E-state index contributed by atoms with van der Waals surface area (Å²) in [7, 11) is 0. The van der Waals surface area contributed by atoms with Gasteiger partial charge >= 0.3 is 6.03 Å². The van der Waals surface area contributed by atoms with E-state index in [0.29, 0.717) is 12.6 Å². The van der Waals surface area contributed by atoms with Crippen LogP contribution >= 0.6 is 11.9 Å². The minimum Gasteiger partial charge on any atom is -0.475 e. The van der Waals surface area contributed by atoms with Gasteiger partial charge in [0.1, 0.15) is 11.5 Å². The van der Waals surface area contributed by atoms with Crippen LogP contribution in [0.4, 0.5) is 10.5 Å². The molecule has 0 spiro atoms. The van der Waals surface area contributed by atoms with Crippen LogP contribution in [-0.2, 0) is 32.2 Å². The summed E-state index contributed by atoms with van der Waals surface area (Å²) in [5, 5.41) is 15.8. The number of carbonyl (C=O) groups is 1. The Kier molecular flexibility index (Phi) is 5.47. The number of aromatic nitrogens is 2. The number of primary amides is 1. The Morgan fingerprint density at radius 2 is 2.04 bits per heavy atom. The van der Waals surface area contributed by atoms with Gasteiger partial charge in [-0.05, 0) is 66.4 Å². The van der Waals surface area contributed by atoms with Crippen molar-refractivity contribution in [2.75, 3.05) is 18.5 Å². The lowest BCUT2D eigenvalue weighted by Gasteiger charge is -2.31. The molecule has 0 saturated heterocycles. The summed E-state index contributed by atoms with van der Waals surface area (Å²) in [4.78, 5) is 11.8. The van der Waals surface area contributed by atoms with Crippen molar-refractivity contribution in [1.29, 1.82) is 0 Å². The molecule has 8 nitrogen and oxygen atoms in total. The number of benzene rings is 1. The van der Waals surface area contributed by atoms with Gasteiger partial charge in [-0.25, -0.2) is 9.48 Å². The van der Waals surface area contributed by atoms with Gasteiger partial charge in [-0.15, -0.1) is 0 Å². The van der Waals surface area contributed by atoms with Crippen molar-refractivity contribution in [2.45, 2.75) is 50.1 Å². The van der Waals surface area contributed by atoms with Crippen molar-refractivity contribution in [2.24, 2.45) is 10.9 Å². The number of ether oxygens (including phenoxy) is 1. The van der Waals surface area contributed by atoms with Crippen LogP contribution in [0.5, 0.6) is 5.88 Å². The maximum atomic E-state index is 10.9. The standard InChI is InChI=1S/C11H12N2O.C8H14N4OS/c12-11(14)13-10-8-3-1-6(8)5-7-2-4-9(7)10;1-2-10-6-4-12-8(13-5-6)7(14-9)3-11-12/h5H,1-4H2,(H3,12,13,14);3,6,10H,2,4-5,9H2,1H3. The first-order valence-electron chi connectivity index (χ1n) is 9.62. The van der Waals surface area contributed by atoms with E-state index in [1.165, 1.54) is 34.2 Å². The zero-order chi connectivity index (χ0) is 19.7. The first-order valence-corrected chi connectivity index (χ1v) is 10.5. The maximum absolute atomic E-state index is 10.9. The smallest absolute Gasteiger partial charge is 0.316 e. The average Bonchev–Trinajstić information content (AvgIpc) is 3.02. The second-order valence-corrected chi connectivity index (χ2v) is 7.87. The summed E-state index contributed by atoms with van der Waals surface area (Å²) in [5.74, 6) is 0.798. The molecule has 1 aromatic heterocycles. The van der Waals surface area contributed by atoms with Crippen molar-refractivity contribution in [3.63, 3.8) is 0 Å². The predicted molar refractivity (Wildman–Crippen MR) is 110 cm³/mol. The molecular formula is C19H26N6O2S. The molecule has 28 heavy (non-hydrogen) atoms. The molecule has 9 heteroatoms. The number of hydrogen-bond donors (Lipinski definition) is 4. The molecule has 3 aliphatic rings. The lowest BCUT2D eigenvalue weighted by molar-refractivity contribution is 0.181. The molecule has 6 N–H and O–H groups in total. The first kappa shape index (κ1) is 19.1. The SMILES string of the molecule is CCNC1COc2c(SN)cnn2C1.NC(=O)Nc1c2c(cc3c1CC3)CC2. The highest BCUT2D eigenvalue weighted by molar-refractivity contribution is 7.97. The number of nitrogens with one attached hydrogen (secondary N) is 2. The van der Waals surface area contributed by atoms with Crippen LogP contribution in [0.15, 0.2) is 17.2 Å². The van der Waals surface area contributed by atoms with Crippen LogP contribution in [0, 0.1) is 0 Å². The molecule has 1 atom stereocenters. The second kappa shape index (κ2) is 8.02. The van der Waals surface area contributed by atoms with Crippen molar-refractivity contribution >= 4 is 23.7 Å². The summed E-state index contributed by atoms with van der Waals surface area (Å²) in [6.07, 6.45) is 6.21. The van der Waals surface area contributed by atoms with E-state index in [0.717, 1.165) is 55.2 Å². The largest absolute Gasteiger partial charge is 0.475 e. The van der Waals surface area contributed by atoms with Crippen LogP contribution in [-0.4, -0.2) is 35.0 Å². The molecule has 150 valence electrons. The fourth-order valence-corrected chi connectivity index (χ4v) is 4.28. The quantitative estimate of drug-likeness (QED) is 0.577. The van der Waals surface area contributed by atoms with Gasteiger partial charge < -0.3 is 21.1 Å². The van der Waals surface area contributed by atoms with Gasteiger partial charge in [0.05, 0.1) is 18.8 Å². The molecule has 5 rings (SSSR count). The molecule has 2 aliphatic carbocycles. The number of aryl methyl sites for hydroxylation is 2. The van der Waals surface area contributed by atoms with Crippen molar-refractivity contribution in [1.82, 2.24) is 15.1 Å². The first-order chi connectivity index (χ1) is 13.6. The highest BCUT2D eigenvalue weighted by atomic mass is 32.2. The van der Waals surface area contributed by atoms with Gasteiger partial charge in [-0.3, -0.25) is 5.14 Å². The van der Waals surface area contributed by atoms with Crippen LogP contribution in [0.2, 0.25) is 0 Å². The van der Waals surface area contributed by atoms with Crippen LogP contribution < -0.4 is 26.2 Å². The van der Waals surface area contributed by atoms with Gasteiger partial charge in [-0.2, -0.15) is 5.10 Å². The van der Waals surface area contributed by atoms with Gasteiger partial charge in [0.15, 0.2) is 0 Å².